The van der Waals surface area contributed by atoms with E-state index in [2.05, 4.69) is 9.17 Å². The number of aromatic nitrogens is 1. The Kier molecular flexibility index (Phi) is 3.23. The predicted octanol–water partition coefficient (Wildman–Crippen LogP) is 2.57. The summed E-state index contributed by atoms with van der Waals surface area (Å²) in [5, 5.41) is 0. The molecule has 0 unspecified atom stereocenters. The molecule has 0 fully saturated rings. The molecule has 1 aromatic carbocycles. The quantitative estimate of drug-likeness (QED) is 0.642. The van der Waals surface area contributed by atoms with Gasteiger partial charge in [-0.05, 0) is 12.1 Å². The minimum absolute atomic E-state index is 0.0482. The highest BCUT2D eigenvalue weighted by Crippen LogP contribution is 2.29. The topological polar surface area (TPSA) is 69.4 Å². The smallest absolute Gasteiger partial charge is 0.405 e. The molecule has 9 heteroatoms. The molecule has 0 atom stereocenters. The molecule has 0 aliphatic rings. The van der Waals surface area contributed by atoms with Gasteiger partial charge in [-0.3, -0.25) is 0 Å². The third-order valence-corrected chi connectivity index (χ3v) is 2.93. The van der Waals surface area contributed by atoms with Gasteiger partial charge in [0, 0.05) is 5.56 Å². The fourth-order valence-electron chi connectivity index (χ4n) is 1.17. The molecule has 102 valence electrons. The second-order valence-electron chi connectivity index (χ2n) is 3.33. The Morgan fingerprint density at radius 1 is 1.16 bits per heavy atom. The van der Waals surface area contributed by atoms with E-state index in [0.717, 1.165) is 6.20 Å². The zero-order valence-corrected chi connectivity index (χ0v) is 9.90. The minimum atomic E-state index is -5.75. The molecule has 0 aliphatic heterocycles. The van der Waals surface area contributed by atoms with Gasteiger partial charge in [-0.15, -0.1) is 0 Å². The lowest BCUT2D eigenvalue weighted by molar-refractivity contribution is -0.0506. The van der Waals surface area contributed by atoms with E-state index in [0.29, 0.717) is 5.56 Å². The van der Waals surface area contributed by atoms with E-state index in [1.807, 2.05) is 0 Å². The Morgan fingerprint density at radius 3 is 2.37 bits per heavy atom. The van der Waals surface area contributed by atoms with Crippen molar-refractivity contribution < 1.29 is 30.2 Å². The van der Waals surface area contributed by atoms with Crippen molar-refractivity contribution in [2.75, 3.05) is 0 Å². The third kappa shape index (κ3) is 2.87. The average molecular weight is 293 g/mol. The minimum Gasteiger partial charge on any atom is -0.405 e. The summed E-state index contributed by atoms with van der Waals surface area (Å²) < 4.78 is 66.3. The highest BCUT2D eigenvalue weighted by Gasteiger charge is 2.49. The number of nitrogens with zero attached hydrogens (tertiary/aromatic N) is 1. The summed E-state index contributed by atoms with van der Waals surface area (Å²) in [7, 11) is -5.75. The van der Waals surface area contributed by atoms with E-state index in [9.17, 15) is 21.6 Å². The lowest BCUT2D eigenvalue weighted by Crippen LogP contribution is -2.27. The molecule has 0 amide bonds. The molecular weight excluding hydrogens is 287 g/mol. The molecule has 0 saturated heterocycles. The van der Waals surface area contributed by atoms with Gasteiger partial charge in [0.1, 0.15) is 6.20 Å². The van der Waals surface area contributed by atoms with Crippen molar-refractivity contribution >= 4 is 10.1 Å². The van der Waals surface area contributed by atoms with Crippen molar-refractivity contribution in [2.24, 2.45) is 0 Å². The first-order chi connectivity index (χ1) is 8.79. The maximum atomic E-state index is 12.1. The summed E-state index contributed by atoms with van der Waals surface area (Å²) in [6, 6.07) is 8.22. The predicted molar refractivity (Wildman–Crippen MR) is 57.5 cm³/mol. The number of oxazole rings is 1. The van der Waals surface area contributed by atoms with Crippen LogP contribution < -0.4 is 4.18 Å². The summed E-state index contributed by atoms with van der Waals surface area (Å²) in [6.07, 6.45) is 0.756. The molecule has 0 bridgehead atoms. The molecule has 1 aromatic heterocycles. The second kappa shape index (κ2) is 4.57. The van der Waals surface area contributed by atoms with Crippen LogP contribution in [0.5, 0.6) is 5.95 Å². The Hall–Kier alpha value is -2.03. The molecular formula is C10H6F3NO4S. The lowest BCUT2D eigenvalue weighted by Gasteiger charge is -2.05. The van der Waals surface area contributed by atoms with E-state index >= 15 is 0 Å². The first-order valence-electron chi connectivity index (χ1n) is 4.81. The van der Waals surface area contributed by atoms with Crippen LogP contribution in [0.4, 0.5) is 13.2 Å². The molecule has 2 rings (SSSR count). The maximum absolute atomic E-state index is 12.1. The van der Waals surface area contributed by atoms with Crippen molar-refractivity contribution in [3.05, 3.63) is 36.5 Å². The fraction of sp³-hybridized carbons (Fsp3) is 0.100. The van der Waals surface area contributed by atoms with Crippen molar-refractivity contribution in [2.45, 2.75) is 5.51 Å². The molecule has 19 heavy (non-hydrogen) atoms. The van der Waals surface area contributed by atoms with Crippen LogP contribution in [0, 0.1) is 0 Å². The monoisotopic (exact) mass is 293 g/mol. The Bertz CT molecular complexity index is 664. The highest BCUT2D eigenvalue weighted by atomic mass is 32.2. The summed E-state index contributed by atoms with van der Waals surface area (Å²) in [5.41, 5.74) is -5.05. The number of benzene rings is 1. The van der Waals surface area contributed by atoms with Crippen LogP contribution in [-0.4, -0.2) is 18.9 Å². The average Bonchev–Trinajstić information content (AvgIpc) is 2.76. The Balaban J connectivity index is 2.24. The van der Waals surface area contributed by atoms with Crippen LogP contribution in [0.1, 0.15) is 0 Å². The normalized spacial score (nSPS) is 12.4. The van der Waals surface area contributed by atoms with Gasteiger partial charge >= 0.3 is 21.6 Å². The number of alkyl halides is 3. The number of halogens is 3. The Labute approximate surface area is 105 Å². The van der Waals surface area contributed by atoms with Crippen molar-refractivity contribution in [1.82, 2.24) is 4.98 Å². The van der Waals surface area contributed by atoms with Crippen LogP contribution >= 0.6 is 0 Å². The van der Waals surface area contributed by atoms with E-state index in [1.165, 1.54) is 0 Å². The van der Waals surface area contributed by atoms with E-state index in [-0.39, 0.29) is 5.89 Å². The summed E-state index contributed by atoms with van der Waals surface area (Å²) in [5.74, 6) is -0.899. The van der Waals surface area contributed by atoms with Gasteiger partial charge in [-0.2, -0.15) is 21.6 Å². The van der Waals surface area contributed by atoms with Gasteiger partial charge in [0.05, 0.1) is 0 Å². The van der Waals surface area contributed by atoms with Gasteiger partial charge in [-0.1, -0.05) is 18.2 Å². The van der Waals surface area contributed by atoms with E-state index in [1.54, 1.807) is 30.3 Å². The first kappa shape index (κ1) is 13.4. The third-order valence-electron chi connectivity index (χ3n) is 1.98. The molecule has 1 heterocycles. The van der Waals surface area contributed by atoms with Crippen molar-refractivity contribution in [1.29, 1.82) is 0 Å². The number of hydrogen-bond donors (Lipinski definition) is 0. The summed E-state index contributed by atoms with van der Waals surface area (Å²) >= 11 is 0. The van der Waals surface area contributed by atoms with Gasteiger partial charge in [0.25, 0.3) is 0 Å². The largest absolute Gasteiger partial charge is 0.534 e. The molecule has 5 nitrogen and oxygen atoms in total. The Morgan fingerprint density at radius 2 is 1.79 bits per heavy atom. The van der Waals surface area contributed by atoms with Crippen LogP contribution in [0.15, 0.2) is 40.9 Å². The fourth-order valence-corrected chi connectivity index (χ4v) is 1.56. The van der Waals surface area contributed by atoms with Gasteiger partial charge in [0.2, 0.25) is 5.89 Å². The van der Waals surface area contributed by atoms with Gasteiger partial charge < -0.3 is 8.60 Å². The van der Waals surface area contributed by atoms with Gasteiger partial charge in [0.15, 0.2) is 0 Å². The van der Waals surface area contributed by atoms with E-state index in [4.69, 9.17) is 4.42 Å². The van der Waals surface area contributed by atoms with Crippen LogP contribution in [0.3, 0.4) is 0 Å². The van der Waals surface area contributed by atoms with Crippen molar-refractivity contribution in [3.63, 3.8) is 0 Å². The zero-order valence-electron chi connectivity index (χ0n) is 9.09. The zero-order chi connectivity index (χ0) is 14.1. The summed E-state index contributed by atoms with van der Waals surface area (Å²) in [4.78, 5) is 3.63. The number of rotatable bonds is 3. The molecule has 2 aromatic rings. The molecule has 0 saturated carbocycles. The van der Waals surface area contributed by atoms with Crippen LogP contribution in [0.25, 0.3) is 11.5 Å². The van der Waals surface area contributed by atoms with Crippen LogP contribution in [0.2, 0.25) is 0 Å². The number of hydrogen-bond acceptors (Lipinski definition) is 5. The van der Waals surface area contributed by atoms with Gasteiger partial charge in [-0.25, -0.2) is 4.98 Å². The highest BCUT2D eigenvalue weighted by molar-refractivity contribution is 7.87. The van der Waals surface area contributed by atoms with Crippen molar-refractivity contribution in [3.8, 4) is 17.4 Å². The van der Waals surface area contributed by atoms with Crippen LogP contribution in [-0.2, 0) is 10.1 Å². The maximum Gasteiger partial charge on any atom is 0.534 e. The molecule has 0 radical (unpaired) electrons. The summed E-state index contributed by atoms with van der Waals surface area (Å²) in [6.45, 7) is 0. The molecule has 0 spiro atoms. The second-order valence-corrected chi connectivity index (χ2v) is 4.87. The lowest BCUT2D eigenvalue weighted by atomic mass is 10.2. The first-order valence-corrected chi connectivity index (χ1v) is 6.22. The SMILES string of the molecule is O=S(=O)(Oc1cnc(-c2ccccc2)o1)C(F)(F)F. The van der Waals surface area contributed by atoms with E-state index < -0.39 is 21.6 Å². The standard InChI is InChI=1S/C10H6F3NO4S/c11-10(12,13)19(15,16)18-8-6-14-9(17-8)7-4-2-1-3-5-7/h1-6H. The molecule has 0 N–H and O–H groups in total. The molecule has 0 aliphatic carbocycles.